The summed E-state index contributed by atoms with van der Waals surface area (Å²) in [5.41, 5.74) is -1.11. The highest BCUT2D eigenvalue weighted by molar-refractivity contribution is 5.38. The molecule has 2 heterocycles. The largest absolute Gasteiger partial charge is 0.491 e. The third-order valence-corrected chi connectivity index (χ3v) is 4.82. The lowest BCUT2D eigenvalue weighted by atomic mass is 9.99. The number of aromatic nitrogens is 2. The summed E-state index contributed by atoms with van der Waals surface area (Å²) in [5.74, 6) is -1.01. The Morgan fingerprint density at radius 1 is 1.12 bits per heavy atom. The third-order valence-electron chi connectivity index (χ3n) is 4.82. The quantitative estimate of drug-likeness (QED) is 0.461. The monoisotopic (exact) mass is 464 g/mol. The van der Waals surface area contributed by atoms with Gasteiger partial charge in [-0.2, -0.15) is 0 Å². The van der Waals surface area contributed by atoms with Crippen molar-refractivity contribution in [1.29, 1.82) is 0 Å². The van der Waals surface area contributed by atoms with Gasteiger partial charge >= 0.3 is 0 Å². The second kappa shape index (κ2) is 10.2. The van der Waals surface area contributed by atoms with E-state index in [1.165, 1.54) is 6.92 Å². The molecule has 1 fully saturated rings. The molecule has 0 aliphatic carbocycles. The SMILES string of the molecule is [2H]C([2H])(c1ccc(OC(C([2H])([2H])[2H])C([2H])([2H])[2H])cc1)c1c(O[C@@H]2O[C@H](CO)[C@@H](O)[C@H](O)[C@H]2O)nn(C(C([2H])([2H])[2H])C([2H])([2H])[2H])c1C. The summed E-state index contributed by atoms with van der Waals surface area (Å²) in [5, 5.41) is 44.3. The molecule has 1 saturated heterocycles. The maximum absolute atomic E-state index is 10.5. The summed E-state index contributed by atoms with van der Waals surface area (Å²) < 4.78 is 127. The first-order valence-electron chi connectivity index (χ1n) is 16.6. The van der Waals surface area contributed by atoms with Crippen molar-refractivity contribution >= 4 is 0 Å². The molecule has 4 N–H and O–H groups in total. The number of aliphatic hydroxyl groups is 4. The van der Waals surface area contributed by atoms with Gasteiger partial charge in [-0.3, -0.25) is 4.68 Å². The van der Waals surface area contributed by atoms with E-state index in [1.807, 2.05) is 0 Å². The minimum Gasteiger partial charge on any atom is -0.491 e. The van der Waals surface area contributed by atoms with E-state index in [9.17, 15) is 20.4 Å². The van der Waals surface area contributed by atoms with Crippen LogP contribution >= 0.6 is 0 Å². The maximum atomic E-state index is 10.5. The van der Waals surface area contributed by atoms with Crippen LogP contribution < -0.4 is 9.47 Å². The van der Waals surface area contributed by atoms with Crippen LogP contribution in [0, 0.1) is 6.92 Å². The zero-order chi connectivity index (χ0) is 35.4. The van der Waals surface area contributed by atoms with Crippen molar-refractivity contribution < 1.29 is 53.8 Å². The summed E-state index contributed by atoms with van der Waals surface area (Å²) in [6, 6.07) is 2.07. The minimum absolute atomic E-state index is 0.222. The van der Waals surface area contributed by atoms with Gasteiger partial charge in [0.15, 0.2) is 0 Å². The van der Waals surface area contributed by atoms with Gasteiger partial charge in [0.05, 0.1) is 12.7 Å². The van der Waals surface area contributed by atoms with Crippen molar-refractivity contribution in [1.82, 2.24) is 9.78 Å². The van der Waals surface area contributed by atoms with Crippen molar-refractivity contribution in [3.05, 3.63) is 41.1 Å². The highest BCUT2D eigenvalue weighted by atomic mass is 16.7. The number of nitrogens with zero attached hydrogens (tertiary/aromatic N) is 2. The molecule has 178 valence electrons. The van der Waals surface area contributed by atoms with E-state index in [1.54, 1.807) is 0 Å². The second-order valence-corrected chi connectivity index (χ2v) is 7.08. The van der Waals surface area contributed by atoms with E-state index in [-0.39, 0.29) is 17.0 Å². The predicted octanol–water partition coefficient (Wildman–Crippen LogP) is 1.33. The van der Waals surface area contributed by atoms with Gasteiger partial charge in [-0.15, -0.1) is 5.10 Å². The van der Waals surface area contributed by atoms with Crippen LogP contribution in [0.5, 0.6) is 11.6 Å². The lowest BCUT2D eigenvalue weighted by molar-refractivity contribution is -0.278. The van der Waals surface area contributed by atoms with Crippen LogP contribution in [0.2, 0.25) is 0 Å². The Labute approximate surface area is 207 Å². The predicted molar refractivity (Wildman–Crippen MR) is 117 cm³/mol. The van der Waals surface area contributed by atoms with Gasteiger partial charge in [0.25, 0.3) is 0 Å². The van der Waals surface area contributed by atoms with E-state index >= 15 is 0 Å². The molecule has 0 amide bonds. The first-order chi connectivity index (χ1) is 20.7. The Hall–Kier alpha value is -2.17. The van der Waals surface area contributed by atoms with Crippen LogP contribution in [0.3, 0.4) is 0 Å². The molecule has 3 rings (SSSR count). The second-order valence-electron chi connectivity index (χ2n) is 7.08. The van der Waals surface area contributed by atoms with Crippen LogP contribution in [0.1, 0.15) is 69.5 Å². The fourth-order valence-electron chi connectivity index (χ4n) is 3.14. The maximum Gasteiger partial charge on any atom is 0.239 e. The van der Waals surface area contributed by atoms with E-state index in [0.29, 0.717) is 4.68 Å². The molecule has 32 heavy (non-hydrogen) atoms. The molecular formula is C23H34N2O7. The molecule has 0 bridgehead atoms. The van der Waals surface area contributed by atoms with E-state index in [4.69, 9.17) is 33.4 Å². The summed E-state index contributed by atoms with van der Waals surface area (Å²) in [7, 11) is 0. The zero-order valence-corrected chi connectivity index (χ0v) is 17.0. The molecule has 2 aromatic rings. The number of ether oxygens (including phenoxy) is 3. The van der Waals surface area contributed by atoms with Gasteiger partial charge in [0.1, 0.15) is 30.2 Å². The average Bonchev–Trinajstić information content (AvgIpc) is 3.20. The molecule has 1 aliphatic heterocycles. The Balaban J connectivity index is 2.15. The molecule has 5 atom stereocenters. The molecule has 0 radical (unpaired) electrons. The van der Waals surface area contributed by atoms with Crippen LogP contribution in [0.15, 0.2) is 24.3 Å². The fraction of sp³-hybridized carbons (Fsp3) is 0.609. The normalized spacial score (nSPS) is 34.5. The highest BCUT2D eigenvalue weighted by Gasteiger charge is 2.45. The molecule has 9 heteroatoms. The van der Waals surface area contributed by atoms with Gasteiger partial charge in [0.2, 0.25) is 12.2 Å². The highest BCUT2D eigenvalue weighted by Crippen LogP contribution is 2.31. The lowest BCUT2D eigenvalue weighted by Gasteiger charge is -2.39. The van der Waals surface area contributed by atoms with Crippen molar-refractivity contribution in [2.24, 2.45) is 0 Å². The minimum atomic E-state index is -3.20. The molecular weight excluding hydrogens is 416 g/mol. The number of hydrogen-bond donors (Lipinski definition) is 4. The van der Waals surface area contributed by atoms with Crippen LogP contribution in [-0.2, 0) is 11.1 Å². The van der Waals surface area contributed by atoms with E-state index in [0.717, 1.165) is 24.3 Å². The summed E-state index contributed by atoms with van der Waals surface area (Å²) in [6.45, 7) is -12.2. The Kier molecular flexibility index (Phi) is 3.76. The van der Waals surface area contributed by atoms with Gasteiger partial charge in [0, 0.05) is 42.9 Å². The Morgan fingerprint density at radius 2 is 1.84 bits per heavy atom. The summed E-state index contributed by atoms with van der Waals surface area (Å²) >= 11 is 0. The smallest absolute Gasteiger partial charge is 0.239 e. The standard InChI is InChI=1S/C23H34N2O7/c1-12(2)25-14(5)17(10-15-6-8-16(9-7-15)30-13(3)4)22(24-25)32-23-21(29)20(28)19(27)18(11-26)31-23/h6-9,12-13,18-21,23,26-29H,10-11H2,1-5H3/t18-,19-,20+,21-,23+/m1/s1/i1D3,2D3,3D3,4D3,10D2. The fourth-order valence-corrected chi connectivity index (χ4v) is 3.14. The summed E-state index contributed by atoms with van der Waals surface area (Å²) in [4.78, 5) is 0. The number of rotatable bonds is 8. The van der Waals surface area contributed by atoms with Gasteiger partial charge < -0.3 is 34.6 Å². The van der Waals surface area contributed by atoms with Crippen molar-refractivity contribution in [2.75, 3.05) is 6.61 Å². The first-order valence-corrected chi connectivity index (χ1v) is 9.56. The Bertz CT molecular complexity index is 1310. The average molecular weight is 465 g/mol. The first kappa shape index (κ1) is 11.8. The molecule has 1 aliphatic rings. The molecule has 0 unspecified atom stereocenters. The van der Waals surface area contributed by atoms with E-state index in [2.05, 4.69) is 5.10 Å². The third kappa shape index (κ3) is 5.24. The number of hydrogen-bond acceptors (Lipinski definition) is 8. The van der Waals surface area contributed by atoms with Crippen molar-refractivity contribution in [2.45, 2.75) is 83.6 Å². The van der Waals surface area contributed by atoms with Gasteiger partial charge in [-0.25, -0.2) is 0 Å². The zero-order valence-electron chi connectivity index (χ0n) is 31.0. The molecule has 1 aromatic carbocycles. The number of aliphatic hydroxyl groups excluding tert-OH is 4. The molecule has 9 nitrogen and oxygen atoms in total. The summed E-state index contributed by atoms with van der Waals surface area (Å²) in [6.07, 6.45) is -14.0. The van der Waals surface area contributed by atoms with Crippen LogP contribution in [0.4, 0.5) is 0 Å². The van der Waals surface area contributed by atoms with Gasteiger partial charge in [-0.05, 0) is 52.0 Å². The van der Waals surface area contributed by atoms with Crippen LogP contribution in [0.25, 0.3) is 0 Å². The van der Waals surface area contributed by atoms with E-state index < -0.39 is 94.7 Å². The van der Waals surface area contributed by atoms with Crippen LogP contribution in [-0.4, -0.2) is 73.6 Å². The molecule has 1 aromatic heterocycles. The lowest BCUT2D eigenvalue weighted by Crippen LogP contribution is -2.60. The van der Waals surface area contributed by atoms with Crippen molar-refractivity contribution in [3.8, 4) is 11.6 Å². The topological polar surface area (TPSA) is 126 Å². The molecule has 0 spiro atoms. The Morgan fingerprint density at radius 3 is 2.47 bits per heavy atom. The van der Waals surface area contributed by atoms with Gasteiger partial charge in [-0.1, -0.05) is 12.1 Å². The number of benzene rings is 1. The van der Waals surface area contributed by atoms with Crippen molar-refractivity contribution in [3.63, 3.8) is 0 Å². The molecule has 0 saturated carbocycles.